The first-order chi connectivity index (χ1) is 9.94. The lowest BCUT2D eigenvalue weighted by Crippen LogP contribution is -2.44. The molecule has 0 radical (unpaired) electrons. The number of hydrogen-bond acceptors (Lipinski definition) is 4. The van der Waals surface area contributed by atoms with Crippen LogP contribution < -0.4 is 4.72 Å². The highest BCUT2D eigenvalue weighted by atomic mass is 35.5. The second-order valence-electron chi connectivity index (χ2n) is 5.39. The van der Waals surface area contributed by atoms with Crippen molar-refractivity contribution in [1.82, 2.24) is 9.62 Å². The van der Waals surface area contributed by atoms with Gasteiger partial charge in [-0.15, -0.1) is 0 Å². The molecule has 0 aromatic heterocycles. The fourth-order valence-electron chi connectivity index (χ4n) is 2.51. The molecule has 21 heavy (non-hydrogen) atoms. The molecule has 118 valence electrons. The molecule has 5 nitrogen and oxygen atoms in total. The summed E-state index contributed by atoms with van der Waals surface area (Å²) >= 11 is 5.95. The van der Waals surface area contributed by atoms with Gasteiger partial charge in [-0.2, -0.15) is 0 Å². The summed E-state index contributed by atoms with van der Waals surface area (Å²) in [6.45, 7) is 1.20. The van der Waals surface area contributed by atoms with E-state index in [-0.39, 0.29) is 22.6 Å². The van der Waals surface area contributed by atoms with Crippen LogP contribution in [0.2, 0.25) is 5.02 Å². The molecule has 0 spiro atoms. The molecule has 0 saturated carbocycles. The Morgan fingerprint density at radius 2 is 2.19 bits per heavy atom. The number of sulfonamides is 1. The summed E-state index contributed by atoms with van der Waals surface area (Å²) in [7, 11) is -1.55. The van der Waals surface area contributed by atoms with Gasteiger partial charge in [0.1, 0.15) is 0 Å². The standard InChI is InChI=1S/C14H21ClN2O3S/c1-17-7-3-2-4-12(17)9-16-21(19,20)13-6-5-11(10-18)14(15)8-13/h5-6,8,12,16,18H,2-4,7,9-10H2,1H3. The van der Waals surface area contributed by atoms with E-state index >= 15 is 0 Å². The smallest absolute Gasteiger partial charge is 0.240 e. The summed E-state index contributed by atoms with van der Waals surface area (Å²) in [5, 5.41) is 9.32. The van der Waals surface area contributed by atoms with Gasteiger partial charge in [-0.25, -0.2) is 13.1 Å². The molecule has 1 unspecified atom stereocenters. The van der Waals surface area contributed by atoms with Gasteiger partial charge in [0.05, 0.1) is 11.5 Å². The Labute approximate surface area is 131 Å². The van der Waals surface area contributed by atoms with E-state index in [4.69, 9.17) is 16.7 Å². The molecule has 0 aliphatic carbocycles. The Hall–Kier alpha value is -0.660. The van der Waals surface area contributed by atoms with E-state index in [2.05, 4.69) is 9.62 Å². The largest absolute Gasteiger partial charge is 0.392 e. The van der Waals surface area contributed by atoms with Gasteiger partial charge in [-0.3, -0.25) is 0 Å². The number of aliphatic hydroxyl groups is 1. The van der Waals surface area contributed by atoms with E-state index in [1.54, 1.807) is 0 Å². The molecule has 1 aromatic carbocycles. The van der Waals surface area contributed by atoms with Gasteiger partial charge in [-0.05, 0) is 44.1 Å². The summed E-state index contributed by atoms with van der Waals surface area (Å²) in [6, 6.07) is 4.61. The minimum atomic E-state index is -3.57. The minimum absolute atomic E-state index is 0.128. The monoisotopic (exact) mass is 332 g/mol. The predicted molar refractivity (Wildman–Crippen MR) is 82.8 cm³/mol. The number of piperidine rings is 1. The highest BCUT2D eigenvalue weighted by Crippen LogP contribution is 2.21. The van der Waals surface area contributed by atoms with Crippen molar-refractivity contribution in [3.05, 3.63) is 28.8 Å². The van der Waals surface area contributed by atoms with Crippen LogP contribution in [-0.2, 0) is 16.6 Å². The van der Waals surface area contributed by atoms with Crippen LogP contribution in [0.25, 0.3) is 0 Å². The third-order valence-corrected chi connectivity index (χ3v) is 5.71. The Morgan fingerprint density at radius 3 is 2.81 bits per heavy atom. The van der Waals surface area contributed by atoms with Crippen molar-refractivity contribution in [2.75, 3.05) is 20.1 Å². The molecule has 0 bridgehead atoms. The van der Waals surface area contributed by atoms with E-state index in [1.807, 2.05) is 7.05 Å². The highest BCUT2D eigenvalue weighted by Gasteiger charge is 2.22. The van der Waals surface area contributed by atoms with Gasteiger partial charge in [0.25, 0.3) is 0 Å². The molecule has 1 fully saturated rings. The molecule has 1 saturated heterocycles. The molecule has 1 heterocycles. The molecule has 1 atom stereocenters. The molecular weight excluding hydrogens is 312 g/mol. The zero-order valence-electron chi connectivity index (χ0n) is 12.0. The molecule has 1 aliphatic rings. The van der Waals surface area contributed by atoms with E-state index < -0.39 is 10.0 Å². The maximum atomic E-state index is 12.3. The van der Waals surface area contributed by atoms with Gasteiger partial charge in [0.15, 0.2) is 0 Å². The first-order valence-electron chi connectivity index (χ1n) is 7.03. The van der Waals surface area contributed by atoms with Crippen molar-refractivity contribution in [2.45, 2.75) is 36.8 Å². The van der Waals surface area contributed by atoms with Crippen LogP contribution in [0.5, 0.6) is 0 Å². The number of hydrogen-bond donors (Lipinski definition) is 2. The third-order valence-electron chi connectivity index (χ3n) is 3.94. The van der Waals surface area contributed by atoms with E-state index in [0.717, 1.165) is 25.8 Å². The fourth-order valence-corrected chi connectivity index (χ4v) is 3.92. The molecule has 2 rings (SSSR count). The van der Waals surface area contributed by atoms with Gasteiger partial charge in [0, 0.05) is 17.6 Å². The second kappa shape index (κ2) is 7.07. The quantitative estimate of drug-likeness (QED) is 0.859. The van der Waals surface area contributed by atoms with Gasteiger partial charge in [0.2, 0.25) is 10.0 Å². The van der Waals surface area contributed by atoms with Crippen LogP contribution in [0.3, 0.4) is 0 Å². The van der Waals surface area contributed by atoms with Crippen LogP contribution in [0.1, 0.15) is 24.8 Å². The Kier molecular flexibility index (Phi) is 5.62. The number of likely N-dealkylation sites (N-methyl/N-ethyl adjacent to an activating group) is 1. The molecule has 7 heteroatoms. The summed E-state index contributed by atoms with van der Waals surface area (Å²) in [4.78, 5) is 2.32. The summed E-state index contributed by atoms with van der Waals surface area (Å²) < 4.78 is 27.2. The third kappa shape index (κ3) is 4.17. The van der Waals surface area contributed by atoms with Crippen LogP contribution in [-0.4, -0.2) is 44.6 Å². The maximum absolute atomic E-state index is 12.3. The Morgan fingerprint density at radius 1 is 1.43 bits per heavy atom. The van der Waals surface area contributed by atoms with Gasteiger partial charge >= 0.3 is 0 Å². The average molecular weight is 333 g/mol. The topological polar surface area (TPSA) is 69.6 Å². The SMILES string of the molecule is CN1CCCCC1CNS(=O)(=O)c1ccc(CO)c(Cl)c1. The van der Waals surface area contributed by atoms with E-state index in [0.29, 0.717) is 12.1 Å². The van der Waals surface area contributed by atoms with Crippen molar-refractivity contribution in [1.29, 1.82) is 0 Å². The van der Waals surface area contributed by atoms with Crippen molar-refractivity contribution in [3.8, 4) is 0 Å². The van der Waals surface area contributed by atoms with Crippen LogP contribution in [0, 0.1) is 0 Å². The van der Waals surface area contributed by atoms with Crippen LogP contribution >= 0.6 is 11.6 Å². The van der Waals surface area contributed by atoms with Gasteiger partial charge in [-0.1, -0.05) is 24.1 Å². The number of likely N-dealkylation sites (tertiary alicyclic amines) is 1. The average Bonchev–Trinajstić information content (AvgIpc) is 2.46. The number of benzene rings is 1. The molecule has 0 amide bonds. The van der Waals surface area contributed by atoms with E-state index in [9.17, 15) is 8.42 Å². The van der Waals surface area contributed by atoms with Crippen molar-refractivity contribution < 1.29 is 13.5 Å². The Bertz CT molecular complexity index is 592. The number of nitrogens with one attached hydrogen (secondary N) is 1. The fraction of sp³-hybridized carbons (Fsp3) is 0.571. The van der Waals surface area contributed by atoms with Crippen LogP contribution in [0.15, 0.2) is 23.1 Å². The van der Waals surface area contributed by atoms with Crippen LogP contribution in [0.4, 0.5) is 0 Å². The molecule has 1 aromatic rings. The summed E-state index contributed by atoms with van der Waals surface area (Å²) in [6.07, 6.45) is 3.30. The van der Waals surface area contributed by atoms with E-state index in [1.165, 1.54) is 18.2 Å². The zero-order chi connectivity index (χ0) is 15.5. The number of halogens is 1. The zero-order valence-corrected chi connectivity index (χ0v) is 13.6. The molecular formula is C14H21ClN2O3S. The highest BCUT2D eigenvalue weighted by molar-refractivity contribution is 7.89. The molecule has 2 N–H and O–H groups in total. The van der Waals surface area contributed by atoms with Crippen molar-refractivity contribution >= 4 is 21.6 Å². The first kappa shape index (κ1) is 16.7. The minimum Gasteiger partial charge on any atom is -0.392 e. The Balaban J connectivity index is 2.06. The number of nitrogens with zero attached hydrogens (tertiary/aromatic N) is 1. The lowest BCUT2D eigenvalue weighted by molar-refractivity contribution is 0.187. The van der Waals surface area contributed by atoms with Crippen molar-refractivity contribution in [3.63, 3.8) is 0 Å². The molecule has 1 aliphatic heterocycles. The number of aliphatic hydroxyl groups excluding tert-OH is 1. The van der Waals surface area contributed by atoms with Gasteiger partial charge < -0.3 is 10.0 Å². The first-order valence-corrected chi connectivity index (χ1v) is 8.89. The summed E-state index contributed by atoms with van der Waals surface area (Å²) in [5.41, 5.74) is 0.516. The second-order valence-corrected chi connectivity index (χ2v) is 7.57. The lowest BCUT2D eigenvalue weighted by atomic mass is 10.0. The lowest BCUT2D eigenvalue weighted by Gasteiger charge is -2.32. The van der Waals surface area contributed by atoms with Crippen molar-refractivity contribution in [2.24, 2.45) is 0 Å². The normalized spacial score (nSPS) is 20.6. The number of rotatable bonds is 5. The summed E-state index contributed by atoms with van der Waals surface area (Å²) in [5.74, 6) is 0. The predicted octanol–water partition coefficient (Wildman–Crippen LogP) is 1.59. The maximum Gasteiger partial charge on any atom is 0.240 e.